The first kappa shape index (κ1) is 20.4. The topological polar surface area (TPSA) is 83.1 Å². The van der Waals surface area contributed by atoms with Crippen molar-refractivity contribution in [2.24, 2.45) is 10.2 Å². The van der Waals surface area contributed by atoms with Gasteiger partial charge in [0.1, 0.15) is 0 Å². The molecule has 7 heteroatoms. The number of benzene rings is 3. The number of nitrogens with two attached hydrogens (primary N) is 1. The van der Waals surface area contributed by atoms with Crippen molar-refractivity contribution in [1.82, 2.24) is 0 Å². The molecule has 148 valence electrons. The highest BCUT2D eigenvalue weighted by atomic mass is 32.1. The van der Waals surface area contributed by atoms with Crippen LogP contribution in [-0.2, 0) is 0 Å². The molecule has 3 aromatic carbocycles. The summed E-state index contributed by atoms with van der Waals surface area (Å²) in [6.45, 7) is 2.01. The largest absolute Gasteiger partial charge is 0.397 e. The van der Waals surface area contributed by atoms with Gasteiger partial charge in [-0.25, -0.2) is 0 Å². The number of anilines is 3. The van der Waals surface area contributed by atoms with Gasteiger partial charge in [0, 0.05) is 18.3 Å². The van der Waals surface area contributed by atoms with Gasteiger partial charge in [-0.15, -0.1) is 0 Å². The molecule has 0 fully saturated rings. The zero-order chi connectivity index (χ0) is 20.8. The molecule has 6 nitrogen and oxygen atoms in total. The van der Waals surface area contributed by atoms with Gasteiger partial charge in [0.15, 0.2) is 0 Å². The van der Waals surface area contributed by atoms with E-state index in [0.29, 0.717) is 22.6 Å². The Kier molecular flexibility index (Phi) is 6.51. The van der Waals surface area contributed by atoms with Gasteiger partial charge in [0.25, 0.3) is 5.91 Å². The van der Waals surface area contributed by atoms with Gasteiger partial charge < -0.3 is 16.0 Å². The first-order valence-corrected chi connectivity index (χ1v) is 9.64. The summed E-state index contributed by atoms with van der Waals surface area (Å²) >= 11 is 4.42. The van der Waals surface area contributed by atoms with Crippen LogP contribution >= 0.6 is 12.6 Å². The summed E-state index contributed by atoms with van der Waals surface area (Å²) in [6, 6.07) is 21.8. The van der Waals surface area contributed by atoms with Crippen LogP contribution in [0.1, 0.15) is 17.3 Å². The Morgan fingerprint density at radius 3 is 2.07 bits per heavy atom. The highest BCUT2D eigenvalue weighted by molar-refractivity contribution is 7.81. The van der Waals surface area contributed by atoms with Crippen LogP contribution in [0.3, 0.4) is 0 Å². The number of nitrogen functional groups attached to an aromatic ring is 1. The van der Waals surface area contributed by atoms with Crippen molar-refractivity contribution in [3.8, 4) is 0 Å². The molecule has 29 heavy (non-hydrogen) atoms. The lowest BCUT2D eigenvalue weighted by Crippen LogP contribution is -2.23. The maximum absolute atomic E-state index is 12.4. The average Bonchev–Trinajstić information content (AvgIpc) is 2.74. The van der Waals surface area contributed by atoms with E-state index >= 15 is 0 Å². The summed E-state index contributed by atoms with van der Waals surface area (Å²) in [4.78, 5) is 14.4. The van der Waals surface area contributed by atoms with Crippen molar-refractivity contribution >= 4 is 47.0 Å². The average molecular weight is 406 g/mol. The second-order valence-corrected chi connectivity index (χ2v) is 7.29. The van der Waals surface area contributed by atoms with Gasteiger partial charge in [0.2, 0.25) is 0 Å². The van der Waals surface area contributed by atoms with Crippen molar-refractivity contribution < 1.29 is 4.79 Å². The van der Waals surface area contributed by atoms with E-state index in [-0.39, 0.29) is 11.3 Å². The zero-order valence-electron chi connectivity index (χ0n) is 16.3. The fourth-order valence-electron chi connectivity index (χ4n) is 2.57. The van der Waals surface area contributed by atoms with Gasteiger partial charge in [-0.1, -0.05) is 12.1 Å². The second-order valence-electron chi connectivity index (χ2n) is 6.55. The van der Waals surface area contributed by atoms with Gasteiger partial charge >= 0.3 is 0 Å². The summed E-state index contributed by atoms with van der Waals surface area (Å²) in [6.07, 6.45) is 0. The molecule has 0 radical (unpaired) electrons. The molecular weight excluding hydrogens is 382 g/mol. The highest BCUT2D eigenvalue weighted by Crippen LogP contribution is 2.24. The van der Waals surface area contributed by atoms with Gasteiger partial charge in [-0.2, -0.15) is 22.9 Å². The molecule has 3 aromatic rings. The maximum Gasteiger partial charge on any atom is 0.255 e. The summed E-state index contributed by atoms with van der Waals surface area (Å²) < 4.78 is 0. The number of carbonyl (C=O) groups excluding carboxylic acids is 1. The lowest BCUT2D eigenvalue weighted by molar-refractivity contribution is 0.102. The first-order chi connectivity index (χ1) is 13.9. The Bertz CT molecular complexity index is 1000. The van der Waals surface area contributed by atoms with E-state index in [1.54, 1.807) is 36.4 Å². The van der Waals surface area contributed by atoms with E-state index in [9.17, 15) is 4.79 Å². The molecule has 0 heterocycles. The van der Waals surface area contributed by atoms with Crippen LogP contribution in [0.25, 0.3) is 0 Å². The predicted molar refractivity (Wildman–Crippen MR) is 123 cm³/mol. The summed E-state index contributed by atoms with van der Waals surface area (Å²) in [5.74, 6) is -0.232. The summed E-state index contributed by atoms with van der Waals surface area (Å²) in [7, 11) is 1.98. The molecule has 0 aliphatic heterocycles. The minimum Gasteiger partial charge on any atom is -0.397 e. The molecule has 1 atom stereocenters. The van der Waals surface area contributed by atoms with Crippen LogP contribution in [0, 0.1) is 0 Å². The predicted octanol–water partition coefficient (Wildman–Crippen LogP) is 5.65. The smallest absolute Gasteiger partial charge is 0.255 e. The van der Waals surface area contributed by atoms with Crippen molar-refractivity contribution in [1.29, 1.82) is 0 Å². The van der Waals surface area contributed by atoms with Gasteiger partial charge in [-0.3, -0.25) is 4.79 Å². The quantitative estimate of drug-likeness (QED) is 0.214. The second kappa shape index (κ2) is 9.25. The Morgan fingerprint density at radius 1 is 0.966 bits per heavy atom. The standard InChI is InChI=1S/C22H23N5OS/c1-15(29)27(2)19-13-11-18(12-14-19)26-25-17-9-7-16(8-10-17)22(28)24-21-6-4-3-5-20(21)23/h3-15,29H,23H2,1-2H3,(H,24,28). The Balaban J connectivity index is 1.64. The molecule has 1 amide bonds. The third-order valence-electron chi connectivity index (χ3n) is 4.44. The van der Waals surface area contributed by atoms with Crippen LogP contribution in [0.4, 0.5) is 28.4 Å². The van der Waals surface area contributed by atoms with Crippen LogP contribution in [0.15, 0.2) is 83.0 Å². The molecule has 0 saturated heterocycles. The number of carbonyl (C=O) groups is 1. The zero-order valence-corrected chi connectivity index (χ0v) is 17.2. The molecule has 3 rings (SSSR count). The Labute approximate surface area is 175 Å². The summed E-state index contributed by atoms with van der Waals surface area (Å²) in [5, 5.41) is 11.4. The van der Waals surface area contributed by atoms with Crippen LogP contribution in [0.2, 0.25) is 0 Å². The third-order valence-corrected chi connectivity index (χ3v) is 4.78. The van der Waals surface area contributed by atoms with Gasteiger partial charge in [-0.05, 0) is 67.6 Å². The van der Waals surface area contributed by atoms with E-state index in [0.717, 1.165) is 11.4 Å². The number of nitrogens with one attached hydrogen (secondary N) is 1. The maximum atomic E-state index is 12.4. The molecular formula is C22H23N5OS. The number of thiol groups is 1. The highest BCUT2D eigenvalue weighted by Gasteiger charge is 2.08. The number of azo groups is 1. The van der Waals surface area contributed by atoms with Crippen LogP contribution < -0.4 is 16.0 Å². The van der Waals surface area contributed by atoms with E-state index < -0.39 is 0 Å². The van der Waals surface area contributed by atoms with E-state index in [4.69, 9.17) is 5.73 Å². The lowest BCUT2D eigenvalue weighted by atomic mass is 10.2. The minimum atomic E-state index is -0.232. The molecule has 0 spiro atoms. The lowest BCUT2D eigenvalue weighted by Gasteiger charge is -2.22. The minimum absolute atomic E-state index is 0.122. The number of hydrogen-bond donors (Lipinski definition) is 3. The van der Waals surface area contributed by atoms with Gasteiger partial charge in [0.05, 0.1) is 28.1 Å². The number of amides is 1. The number of hydrogen-bond acceptors (Lipinski definition) is 6. The van der Waals surface area contributed by atoms with Crippen molar-refractivity contribution in [3.63, 3.8) is 0 Å². The normalized spacial score (nSPS) is 12.0. The molecule has 3 N–H and O–H groups in total. The van der Waals surface area contributed by atoms with Crippen LogP contribution in [0.5, 0.6) is 0 Å². The van der Waals surface area contributed by atoms with Crippen molar-refractivity contribution in [2.45, 2.75) is 12.3 Å². The molecule has 1 unspecified atom stereocenters. The molecule has 0 aliphatic carbocycles. The van der Waals surface area contributed by atoms with E-state index in [1.165, 1.54) is 0 Å². The van der Waals surface area contributed by atoms with Crippen molar-refractivity contribution in [2.75, 3.05) is 23.0 Å². The monoisotopic (exact) mass is 405 g/mol. The Morgan fingerprint density at radius 2 is 1.52 bits per heavy atom. The number of nitrogens with zero attached hydrogens (tertiary/aromatic N) is 3. The molecule has 0 bridgehead atoms. The molecule has 0 saturated carbocycles. The first-order valence-electron chi connectivity index (χ1n) is 9.12. The fourth-order valence-corrected chi connectivity index (χ4v) is 2.70. The SMILES string of the molecule is CC(S)N(C)c1ccc(N=Nc2ccc(C(=O)Nc3ccccc3N)cc2)cc1. The van der Waals surface area contributed by atoms with E-state index in [2.05, 4.69) is 33.1 Å². The Hall–Kier alpha value is -3.32. The fraction of sp³-hybridized carbons (Fsp3) is 0.136. The summed E-state index contributed by atoms with van der Waals surface area (Å²) in [5.41, 5.74) is 9.94. The third kappa shape index (κ3) is 5.36. The van der Waals surface area contributed by atoms with Crippen molar-refractivity contribution in [3.05, 3.63) is 78.4 Å². The number of rotatable bonds is 6. The molecule has 0 aromatic heterocycles. The molecule has 0 aliphatic rings. The van der Waals surface area contributed by atoms with Crippen LogP contribution in [-0.4, -0.2) is 18.3 Å². The number of para-hydroxylation sites is 2. The van der Waals surface area contributed by atoms with E-state index in [1.807, 2.05) is 50.4 Å².